The molecule has 0 bridgehead atoms. The fourth-order valence-corrected chi connectivity index (χ4v) is 3.88. The third kappa shape index (κ3) is 2.97. The van der Waals surface area contributed by atoms with Gasteiger partial charge in [0.1, 0.15) is 6.04 Å². The van der Waals surface area contributed by atoms with Crippen LogP contribution in [0.4, 0.5) is 0 Å². The summed E-state index contributed by atoms with van der Waals surface area (Å²) in [4.78, 5) is 11.3. The maximum absolute atomic E-state index is 11.9. The van der Waals surface area contributed by atoms with E-state index < -0.39 is 27.6 Å². The SMILES string of the molecule is CCNS(=O)(=O)N1CCCC(C)(C)C1C(=O)O. The second-order valence-electron chi connectivity index (χ2n) is 4.95. The Hall–Kier alpha value is -0.660. The first-order valence-electron chi connectivity index (χ1n) is 5.71. The number of hydrogen-bond acceptors (Lipinski definition) is 3. The van der Waals surface area contributed by atoms with E-state index in [1.165, 1.54) is 0 Å². The summed E-state index contributed by atoms with van der Waals surface area (Å²) in [6.07, 6.45) is 1.39. The number of carboxylic acid groups (broad SMARTS) is 1. The smallest absolute Gasteiger partial charge is 0.322 e. The van der Waals surface area contributed by atoms with Gasteiger partial charge in [-0.15, -0.1) is 0 Å². The normalized spacial score (nSPS) is 25.7. The molecule has 0 aromatic carbocycles. The van der Waals surface area contributed by atoms with Gasteiger partial charge in [0.2, 0.25) is 0 Å². The standard InChI is InChI=1S/C10H20N2O4S/c1-4-11-17(15,16)12-7-5-6-10(2,3)8(12)9(13)14/h8,11H,4-7H2,1-3H3,(H,13,14). The van der Waals surface area contributed by atoms with E-state index in [2.05, 4.69) is 4.72 Å². The molecule has 0 aromatic heterocycles. The van der Waals surface area contributed by atoms with Crippen molar-refractivity contribution >= 4 is 16.2 Å². The minimum absolute atomic E-state index is 0.256. The average molecular weight is 264 g/mol. The Labute approximate surface area is 102 Å². The summed E-state index contributed by atoms with van der Waals surface area (Å²) in [5.74, 6) is -1.09. The molecule has 1 aliphatic rings. The Morgan fingerprint density at radius 1 is 1.53 bits per heavy atom. The Morgan fingerprint density at radius 2 is 2.12 bits per heavy atom. The number of aliphatic carboxylic acids is 1. The molecule has 1 saturated heterocycles. The maximum Gasteiger partial charge on any atom is 0.322 e. The molecule has 7 heteroatoms. The van der Waals surface area contributed by atoms with Crippen molar-refractivity contribution in [2.75, 3.05) is 13.1 Å². The summed E-state index contributed by atoms with van der Waals surface area (Å²) < 4.78 is 27.3. The molecule has 6 nitrogen and oxygen atoms in total. The highest BCUT2D eigenvalue weighted by molar-refractivity contribution is 7.87. The van der Waals surface area contributed by atoms with Gasteiger partial charge in [0.05, 0.1) is 0 Å². The molecular formula is C10H20N2O4S. The topological polar surface area (TPSA) is 86.7 Å². The van der Waals surface area contributed by atoms with Crippen LogP contribution < -0.4 is 4.72 Å². The Balaban J connectivity index is 3.09. The fraction of sp³-hybridized carbons (Fsp3) is 0.900. The molecule has 0 radical (unpaired) electrons. The van der Waals surface area contributed by atoms with Gasteiger partial charge in [-0.3, -0.25) is 4.79 Å². The number of hydrogen-bond donors (Lipinski definition) is 2. The number of rotatable bonds is 4. The van der Waals surface area contributed by atoms with E-state index in [-0.39, 0.29) is 13.1 Å². The van der Waals surface area contributed by atoms with E-state index in [9.17, 15) is 18.3 Å². The maximum atomic E-state index is 11.9. The van der Waals surface area contributed by atoms with E-state index in [0.717, 1.165) is 4.31 Å². The highest BCUT2D eigenvalue weighted by Gasteiger charge is 2.47. The van der Waals surface area contributed by atoms with Crippen molar-refractivity contribution < 1.29 is 18.3 Å². The van der Waals surface area contributed by atoms with Crippen LogP contribution >= 0.6 is 0 Å². The van der Waals surface area contributed by atoms with Gasteiger partial charge in [0.15, 0.2) is 0 Å². The van der Waals surface area contributed by atoms with Gasteiger partial charge >= 0.3 is 5.97 Å². The van der Waals surface area contributed by atoms with Gasteiger partial charge in [-0.05, 0) is 18.3 Å². The molecule has 1 heterocycles. The predicted molar refractivity (Wildman–Crippen MR) is 63.7 cm³/mol. The molecule has 1 atom stereocenters. The molecule has 0 aliphatic carbocycles. The fourth-order valence-electron chi connectivity index (χ4n) is 2.33. The lowest BCUT2D eigenvalue weighted by Crippen LogP contribution is -2.58. The second-order valence-corrected chi connectivity index (χ2v) is 6.65. The first-order valence-corrected chi connectivity index (χ1v) is 7.15. The zero-order valence-corrected chi connectivity index (χ0v) is 11.2. The minimum Gasteiger partial charge on any atom is -0.480 e. The lowest BCUT2D eigenvalue weighted by molar-refractivity contribution is -0.147. The van der Waals surface area contributed by atoms with Crippen LogP contribution in [0.1, 0.15) is 33.6 Å². The van der Waals surface area contributed by atoms with Crippen LogP contribution in [0.3, 0.4) is 0 Å². The van der Waals surface area contributed by atoms with Gasteiger partial charge in [-0.2, -0.15) is 12.7 Å². The van der Waals surface area contributed by atoms with Gasteiger partial charge < -0.3 is 5.11 Å². The first kappa shape index (κ1) is 14.4. The molecule has 2 N–H and O–H groups in total. The molecule has 1 unspecified atom stereocenters. The minimum atomic E-state index is -3.70. The average Bonchev–Trinajstić information content (AvgIpc) is 2.14. The van der Waals surface area contributed by atoms with E-state index in [0.29, 0.717) is 12.8 Å². The molecule has 100 valence electrons. The van der Waals surface area contributed by atoms with Crippen LogP contribution in [0.25, 0.3) is 0 Å². The summed E-state index contributed by atoms with van der Waals surface area (Å²) in [7, 11) is -3.70. The zero-order valence-electron chi connectivity index (χ0n) is 10.4. The third-order valence-electron chi connectivity index (χ3n) is 3.10. The molecular weight excluding hydrogens is 244 g/mol. The van der Waals surface area contributed by atoms with E-state index in [1.54, 1.807) is 20.8 Å². The van der Waals surface area contributed by atoms with Crippen LogP contribution in [0.15, 0.2) is 0 Å². The van der Waals surface area contributed by atoms with Crippen molar-refractivity contribution in [2.24, 2.45) is 5.41 Å². The quantitative estimate of drug-likeness (QED) is 0.770. The summed E-state index contributed by atoms with van der Waals surface area (Å²) in [5, 5.41) is 9.24. The number of nitrogens with one attached hydrogen (secondary N) is 1. The molecule has 0 aromatic rings. The van der Waals surface area contributed by atoms with Crippen molar-refractivity contribution in [3.63, 3.8) is 0 Å². The summed E-state index contributed by atoms with van der Waals surface area (Å²) >= 11 is 0. The third-order valence-corrected chi connectivity index (χ3v) is 4.76. The van der Waals surface area contributed by atoms with Crippen LogP contribution in [-0.2, 0) is 15.0 Å². The number of carboxylic acids is 1. The van der Waals surface area contributed by atoms with Gasteiger partial charge in [-0.25, -0.2) is 4.72 Å². The van der Waals surface area contributed by atoms with E-state index in [4.69, 9.17) is 0 Å². The Morgan fingerprint density at radius 3 is 2.59 bits per heavy atom. The van der Waals surface area contributed by atoms with Gasteiger partial charge in [-0.1, -0.05) is 20.8 Å². The highest BCUT2D eigenvalue weighted by atomic mass is 32.2. The largest absolute Gasteiger partial charge is 0.480 e. The van der Waals surface area contributed by atoms with Crippen molar-refractivity contribution in [2.45, 2.75) is 39.7 Å². The molecule has 1 rings (SSSR count). The molecule has 1 aliphatic heterocycles. The Kier molecular flexibility index (Phi) is 4.16. The lowest BCUT2D eigenvalue weighted by atomic mass is 9.77. The predicted octanol–water partition coefficient (Wildman–Crippen LogP) is 0.416. The second kappa shape index (κ2) is 4.91. The van der Waals surface area contributed by atoms with E-state index >= 15 is 0 Å². The number of nitrogens with zero attached hydrogens (tertiary/aromatic N) is 1. The number of piperidine rings is 1. The molecule has 1 fully saturated rings. The molecule has 0 spiro atoms. The lowest BCUT2D eigenvalue weighted by Gasteiger charge is -2.42. The summed E-state index contributed by atoms with van der Waals surface area (Å²) in [6, 6.07) is -1.000. The summed E-state index contributed by atoms with van der Waals surface area (Å²) in [6.45, 7) is 5.77. The first-order chi connectivity index (χ1) is 7.72. The number of carbonyl (C=O) groups is 1. The van der Waals surface area contributed by atoms with Crippen LogP contribution in [-0.4, -0.2) is 42.9 Å². The molecule has 0 amide bonds. The van der Waals surface area contributed by atoms with Crippen LogP contribution in [0.5, 0.6) is 0 Å². The monoisotopic (exact) mass is 264 g/mol. The molecule has 17 heavy (non-hydrogen) atoms. The van der Waals surface area contributed by atoms with Crippen molar-refractivity contribution in [3.8, 4) is 0 Å². The zero-order chi connectivity index (χ0) is 13.3. The highest BCUT2D eigenvalue weighted by Crippen LogP contribution is 2.36. The van der Waals surface area contributed by atoms with Gasteiger partial charge in [0, 0.05) is 13.1 Å². The van der Waals surface area contributed by atoms with Crippen molar-refractivity contribution in [3.05, 3.63) is 0 Å². The van der Waals surface area contributed by atoms with Crippen LogP contribution in [0, 0.1) is 5.41 Å². The summed E-state index contributed by atoms with van der Waals surface area (Å²) in [5.41, 5.74) is -0.549. The van der Waals surface area contributed by atoms with Gasteiger partial charge in [0.25, 0.3) is 10.2 Å². The van der Waals surface area contributed by atoms with Crippen molar-refractivity contribution in [1.29, 1.82) is 0 Å². The van der Waals surface area contributed by atoms with Crippen LogP contribution in [0.2, 0.25) is 0 Å². The van der Waals surface area contributed by atoms with Crippen molar-refractivity contribution in [1.82, 2.24) is 9.03 Å². The Bertz CT molecular complexity index is 391. The van der Waals surface area contributed by atoms with E-state index in [1.807, 2.05) is 0 Å². The molecule has 0 saturated carbocycles.